The smallest absolute Gasteiger partial charge is 0.231 e. The fourth-order valence-electron chi connectivity index (χ4n) is 2.47. The molecule has 0 radical (unpaired) electrons. The van der Waals surface area contributed by atoms with E-state index in [1.165, 1.54) is 6.92 Å². The van der Waals surface area contributed by atoms with E-state index in [2.05, 4.69) is 5.32 Å². The molecule has 2 aromatic carbocycles. The Hall–Kier alpha value is -2.57. The van der Waals surface area contributed by atoms with Crippen LogP contribution in [0.5, 0.6) is 17.2 Å². The van der Waals surface area contributed by atoms with Crippen molar-refractivity contribution in [1.82, 2.24) is 5.32 Å². The molecule has 3 rings (SSSR count). The van der Waals surface area contributed by atoms with Crippen LogP contribution in [-0.4, -0.2) is 36.9 Å². The van der Waals surface area contributed by atoms with Crippen molar-refractivity contribution in [3.05, 3.63) is 53.6 Å². The van der Waals surface area contributed by atoms with E-state index in [0.29, 0.717) is 24.4 Å². The van der Waals surface area contributed by atoms with Gasteiger partial charge < -0.3 is 24.6 Å². The average molecular weight is 343 g/mol. The number of hydrogen-bond donors (Lipinski definition) is 2. The molecule has 25 heavy (non-hydrogen) atoms. The molecule has 0 saturated heterocycles. The summed E-state index contributed by atoms with van der Waals surface area (Å²) < 4.78 is 16.1. The lowest BCUT2D eigenvalue weighted by atomic mass is 10.1. The van der Waals surface area contributed by atoms with Gasteiger partial charge in [0.05, 0.1) is 0 Å². The van der Waals surface area contributed by atoms with Crippen LogP contribution in [0.2, 0.25) is 0 Å². The van der Waals surface area contributed by atoms with E-state index in [-0.39, 0.29) is 19.2 Å². The van der Waals surface area contributed by atoms with Crippen LogP contribution in [0.1, 0.15) is 22.8 Å². The van der Waals surface area contributed by atoms with Gasteiger partial charge in [-0.1, -0.05) is 6.07 Å². The van der Waals surface area contributed by atoms with E-state index in [9.17, 15) is 9.90 Å². The minimum absolute atomic E-state index is 0.0132. The van der Waals surface area contributed by atoms with Crippen LogP contribution in [0, 0.1) is 0 Å². The van der Waals surface area contributed by atoms with Crippen LogP contribution < -0.4 is 19.5 Å². The predicted molar refractivity (Wildman–Crippen MR) is 92.2 cm³/mol. The Kier molecular flexibility index (Phi) is 5.53. The molecule has 0 aliphatic carbocycles. The van der Waals surface area contributed by atoms with Crippen molar-refractivity contribution in [2.75, 3.05) is 19.9 Å². The molecule has 2 aromatic rings. The Morgan fingerprint density at radius 1 is 1.20 bits per heavy atom. The number of rotatable bonds is 8. The highest BCUT2D eigenvalue weighted by atomic mass is 16.7. The van der Waals surface area contributed by atoms with Crippen molar-refractivity contribution in [2.45, 2.75) is 19.6 Å². The molecule has 1 atom stereocenters. The number of nitrogens with one attached hydrogen (secondary N) is 1. The number of benzene rings is 2. The molecule has 6 nitrogen and oxygen atoms in total. The molecular weight excluding hydrogens is 322 g/mol. The van der Waals surface area contributed by atoms with Gasteiger partial charge >= 0.3 is 0 Å². The summed E-state index contributed by atoms with van der Waals surface area (Å²) in [7, 11) is 0. The molecule has 2 N–H and O–H groups in total. The van der Waals surface area contributed by atoms with Gasteiger partial charge in [0.15, 0.2) is 17.3 Å². The first-order valence-electron chi connectivity index (χ1n) is 8.13. The summed E-state index contributed by atoms with van der Waals surface area (Å²) in [5.74, 6) is 2.14. The first-order valence-corrected chi connectivity index (χ1v) is 8.13. The van der Waals surface area contributed by atoms with E-state index >= 15 is 0 Å². The van der Waals surface area contributed by atoms with Gasteiger partial charge in [-0.05, 0) is 48.9 Å². The number of ketones is 1. The molecule has 0 unspecified atom stereocenters. The fourth-order valence-corrected chi connectivity index (χ4v) is 2.47. The molecular formula is C19H21NO5. The number of hydrogen-bond acceptors (Lipinski definition) is 6. The molecule has 0 aromatic heterocycles. The normalized spacial score (nSPS) is 13.5. The molecule has 0 fully saturated rings. The summed E-state index contributed by atoms with van der Waals surface area (Å²) >= 11 is 0. The van der Waals surface area contributed by atoms with Crippen molar-refractivity contribution in [3.8, 4) is 17.2 Å². The van der Waals surface area contributed by atoms with Gasteiger partial charge in [0.25, 0.3) is 0 Å². The van der Waals surface area contributed by atoms with Crippen molar-refractivity contribution in [1.29, 1.82) is 0 Å². The van der Waals surface area contributed by atoms with Crippen LogP contribution >= 0.6 is 0 Å². The Morgan fingerprint density at radius 2 is 1.96 bits per heavy atom. The number of carbonyl (C=O) groups is 1. The summed E-state index contributed by atoms with van der Waals surface area (Å²) in [5, 5.41) is 13.2. The third-order valence-corrected chi connectivity index (χ3v) is 3.85. The maximum atomic E-state index is 11.2. The number of ether oxygens (including phenoxy) is 3. The van der Waals surface area contributed by atoms with Crippen LogP contribution in [-0.2, 0) is 6.54 Å². The minimum Gasteiger partial charge on any atom is -0.491 e. The molecule has 0 amide bonds. The highest BCUT2D eigenvalue weighted by Gasteiger charge is 2.13. The second-order valence-electron chi connectivity index (χ2n) is 5.86. The summed E-state index contributed by atoms with van der Waals surface area (Å²) in [6.45, 7) is 2.97. The molecule has 0 saturated carbocycles. The summed E-state index contributed by atoms with van der Waals surface area (Å²) in [5.41, 5.74) is 1.69. The van der Waals surface area contributed by atoms with Crippen molar-refractivity contribution < 1.29 is 24.1 Å². The van der Waals surface area contributed by atoms with Gasteiger partial charge in [-0.25, -0.2) is 0 Å². The summed E-state index contributed by atoms with van der Waals surface area (Å²) in [6.07, 6.45) is -0.638. The second-order valence-corrected chi connectivity index (χ2v) is 5.86. The Morgan fingerprint density at radius 3 is 2.72 bits per heavy atom. The molecule has 1 aliphatic heterocycles. The lowest BCUT2D eigenvalue weighted by Crippen LogP contribution is -2.31. The monoisotopic (exact) mass is 343 g/mol. The number of aliphatic hydroxyl groups is 1. The first kappa shape index (κ1) is 17.3. The van der Waals surface area contributed by atoms with E-state index in [1.807, 2.05) is 18.2 Å². The van der Waals surface area contributed by atoms with Crippen LogP contribution in [0.25, 0.3) is 0 Å². The predicted octanol–water partition coefficient (Wildman–Crippen LogP) is 2.15. The number of aliphatic hydroxyl groups excluding tert-OH is 1. The highest BCUT2D eigenvalue weighted by molar-refractivity contribution is 5.94. The van der Waals surface area contributed by atoms with Gasteiger partial charge in [0, 0.05) is 18.7 Å². The number of Topliss-reactive ketones (excluding diaryl/α,β-unsaturated/α-hetero) is 1. The molecule has 132 valence electrons. The standard InChI is InChI=1S/C19H21NO5/c1-13(21)15-3-5-17(6-4-15)23-11-16(22)10-20-9-14-2-7-18-19(8-14)25-12-24-18/h2-8,16,20,22H,9-12H2,1H3/t16-/m1/s1. The van der Waals surface area contributed by atoms with Gasteiger partial charge in [0.2, 0.25) is 6.79 Å². The van der Waals surface area contributed by atoms with Gasteiger partial charge in [-0.2, -0.15) is 0 Å². The largest absolute Gasteiger partial charge is 0.491 e. The SMILES string of the molecule is CC(=O)c1ccc(OC[C@H](O)CNCc2ccc3c(c2)OCO3)cc1. The zero-order valence-electron chi connectivity index (χ0n) is 14.0. The van der Waals surface area contributed by atoms with Gasteiger partial charge in [-0.3, -0.25) is 4.79 Å². The lowest BCUT2D eigenvalue weighted by Gasteiger charge is -2.13. The Bertz CT molecular complexity index is 729. The molecule has 0 spiro atoms. The molecule has 1 heterocycles. The van der Waals surface area contributed by atoms with Gasteiger partial charge in [-0.15, -0.1) is 0 Å². The zero-order valence-corrected chi connectivity index (χ0v) is 14.0. The average Bonchev–Trinajstić information content (AvgIpc) is 3.08. The summed E-state index contributed by atoms with van der Waals surface area (Å²) in [4.78, 5) is 11.2. The van der Waals surface area contributed by atoms with Crippen LogP contribution in [0.15, 0.2) is 42.5 Å². The lowest BCUT2D eigenvalue weighted by molar-refractivity contribution is 0.101. The van der Waals surface area contributed by atoms with Crippen molar-refractivity contribution >= 4 is 5.78 Å². The first-order chi connectivity index (χ1) is 12.1. The van der Waals surface area contributed by atoms with E-state index in [1.54, 1.807) is 24.3 Å². The Labute approximate surface area is 146 Å². The second kappa shape index (κ2) is 8.00. The third-order valence-electron chi connectivity index (χ3n) is 3.85. The topological polar surface area (TPSA) is 77.0 Å². The Balaban J connectivity index is 1.39. The highest BCUT2D eigenvalue weighted by Crippen LogP contribution is 2.32. The van der Waals surface area contributed by atoms with Gasteiger partial charge in [0.1, 0.15) is 18.5 Å². The maximum Gasteiger partial charge on any atom is 0.231 e. The van der Waals surface area contributed by atoms with E-state index in [0.717, 1.165) is 17.1 Å². The summed E-state index contributed by atoms with van der Waals surface area (Å²) in [6, 6.07) is 12.6. The quantitative estimate of drug-likeness (QED) is 0.715. The van der Waals surface area contributed by atoms with E-state index in [4.69, 9.17) is 14.2 Å². The molecule has 0 bridgehead atoms. The molecule has 6 heteroatoms. The zero-order chi connectivity index (χ0) is 17.6. The number of fused-ring (bicyclic) bond motifs is 1. The number of carbonyl (C=O) groups excluding carboxylic acids is 1. The minimum atomic E-state index is -0.638. The van der Waals surface area contributed by atoms with E-state index < -0.39 is 6.10 Å². The molecule has 1 aliphatic rings. The fraction of sp³-hybridized carbons (Fsp3) is 0.316. The van der Waals surface area contributed by atoms with Crippen LogP contribution in [0.3, 0.4) is 0 Å². The third kappa shape index (κ3) is 4.71. The van der Waals surface area contributed by atoms with Crippen LogP contribution in [0.4, 0.5) is 0 Å². The van der Waals surface area contributed by atoms with Crippen molar-refractivity contribution in [3.63, 3.8) is 0 Å². The maximum absolute atomic E-state index is 11.2. The van der Waals surface area contributed by atoms with Crippen molar-refractivity contribution in [2.24, 2.45) is 0 Å².